The number of nitrogens with zero attached hydrogens (tertiary/aromatic N) is 1. The molecule has 0 aromatic carbocycles. The fraction of sp³-hybridized carbons (Fsp3) is 0.917. The molecule has 0 aliphatic carbocycles. The number of carbonyl (C=O) groups excluding carboxylic acids is 2. The molecule has 0 aliphatic heterocycles. The minimum absolute atomic E-state index is 0.0349. The summed E-state index contributed by atoms with van der Waals surface area (Å²) in [5.41, 5.74) is 0. The van der Waals surface area contributed by atoms with Crippen LogP contribution in [0.1, 0.15) is 232 Å². The van der Waals surface area contributed by atoms with E-state index in [0.717, 1.165) is 32.1 Å². The molecule has 0 bridgehead atoms. The van der Waals surface area contributed by atoms with Crippen molar-refractivity contribution in [3.8, 4) is 0 Å². The summed E-state index contributed by atoms with van der Waals surface area (Å²) in [7, 11) is 1.49. The average molecular weight is 845 g/mol. The Labute approximate surface area is 358 Å². The van der Waals surface area contributed by atoms with Crippen molar-refractivity contribution in [2.45, 2.75) is 238 Å². The largest absolute Gasteiger partial charge is 0.472 e. The second-order valence-corrected chi connectivity index (χ2v) is 19.3. The lowest BCUT2D eigenvalue weighted by molar-refractivity contribution is -0.870. The van der Waals surface area contributed by atoms with Gasteiger partial charge in [-0.2, -0.15) is 0 Å². The van der Waals surface area contributed by atoms with Crippen LogP contribution in [0.2, 0.25) is 0 Å². The van der Waals surface area contributed by atoms with Gasteiger partial charge in [-0.15, -0.1) is 0 Å². The first-order valence-electron chi connectivity index (χ1n) is 24.4. The summed E-state index contributed by atoms with van der Waals surface area (Å²) in [5.74, 6) is -0.787. The quantitative estimate of drug-likeness (QED) is 0.0212. The smallest absolute Gasteiger partial charge is 0.462 e. The van der Waals surface area contributed by atoms with Crippen molar-refractivity contribution >= 4 is 19.8 Å². The number of quaternary nitrogens is 1. The van der Waals surface area contributed by atoms with Gasteiger partial charge in [0.15, 0.2) is 6.10 Å². The Morgan fingerprint density at radius 2 is 0.879 bits per heavy atom. The molecule has 0 amide bonds. The summed E-state index contributed by atoms with van der Waals surface area (Å²) >= 11 is 0. The van der Waals surface area contributed by atoms with Crippen LogP contribution in [-0.4, -0.2) is 74.9 Å². The minimum atomic E-state index is -4.37. The van der Waals surface area contributed by atoms with Crippen LogP contribution in [0, 0.1) is 0 Å². The summed E-state index contributed by atoms with van der Waals surface area (Å²) in [6.45, 7) is 4.46. The molecule has 344 valence electrons. The van der Waals surface area contributed by atoms with E-state index < -0.39 is 26.5 Å². The maximum atomic E-state index is 12.7. The van der Waals surface area contributed by atoms with Crippen molar-refractivity contribution in [2.24, 2.45) is 0 Å². The number of phosphoric acid groups is 1. The Morgan fingerprint density at radius 1 is 0.517 bits per heavy atom. The van der Waals surface area contributed by atoms with E-state index in [9.17, 15) is 19.0 Å². The lowest BCUT2D eigenvalue weighted by Crippen LogP contribution is -2.37. The molecular formula is C48H95NO8P+. The molecule has 1 unspecified atom stereocenters. The van der Waals surface area contributed by atoms with E-state index in [4.69, 9.17) is 18.5 Å². The van der Waals surface area contributed by atoms with E-state index >= 15 is 0 Å². The molecule has 0 aromatic rings. The predicted molar refractivity (Wildman–Crippen MR) is 243 cm³/mol. The normalized spacial score (nSPS) is 13.6. The fourth-order valence-electron chi connectivity index (χ4n) is 6.95. The van der Waals surface area contributed by atoms with Crippen LogP contribution in [0.3, 0.4) is 0 Å². The van der Waals surface area contributed by atoms with Crippen molar-refractivity contribution < 1.29 is 42.1 Å². The molecule has 9 nitrogen and oxygen atoms in total. The topological polar surface area (TPSA) is 108 Å². The fourth-order valence-corrected chi connectivity index (χ4v) is 7.69. The van der Waals surface area contributed by atoms with E-state index in [2.05, 4.69) is 26.0 Å². The van der Waals surface area contributed by atoms with Gasteiger partial charge in [-0.3, -0.25) is 18.6 Å². The summed E-state index contributed by atoms with van der Waals surface area (Å²) in [6, 6.07) is 0. The van der Waals surface area contributed by atoms with Crippen LogP contribution in [0.15, 0.2) is 12.2 Å². The average Bonchev–Trinajstić information content (AvgIpc) is 3.17. The van der Waals surface area contributed by atoms with E-state index in [1.165, 1.54) is 167 Å². The summed E-state index contributed by atoms with van der Waals surface area (Å²) in [4.78, 5) is 35.5. The van der Waals surface area contributed by atoms with Crippen LogP contribution < -0.4 is 0 Å². The third kappa shape index (κ3) is 44.3. The highest BCUT2D eigenvalue weighted by Crippen LogP contribution is 2.43. The number of hydrogen-bond donors (Lipinski definition) is 1. The van der Waals surface area contributed by atoms with Gasteiger partial charge >= 0.3 is 19.8 Å². The molecule has 0 saturated carbocycles. The third-order valence-electron chi connectivity index (χ3n) is 10.8. The maximum Gasteiger partial charge on any atom is 0.472 e. The molecule has 0 aliphatic rings. The number of carbonyl (C=O) groups is 2. The second-order valence-electron chi connectivity index (χ2n) is 17.9. The highest BCUT2D eigenvalue weighted by molar-refractivity contribution is 7.47. The van der Waals surface area contributed by atoms with Crippen molar-refractivity contribution in [3.05, 3.63) is 12.2 Å². The van der Waals surface area contributed by atoms with Crippen LogP contribution >= 0.6 is 7.82 Å². The number of esters is 2. The number of allylic oxidation sites excluding steroid dienone is 2. The molecule has 2 atom stereocenters. The van der Waals surface area contributed by atoms with E-state index in [0.29, 0.717) is 23.9 Å². The van der Waals surface area contributed by atoms with E-state index in [1.807, 2.05) is 21.1 Å². The van der Waals surface area contributed by atoms with Crippen molar-refractivity contribution in [1.82, 2.24) is 0 Å². The van der Waals surface area contributed by atoms with Crippen LogP contribution in [0.25, 0.3) is 0 Å². The molecular weight excluding hydrogens is 750 g/mol. The van der Waals surface area contributed by atoms with Gasteiger partial charge in [0.2, 0.25) is 0 Å². The highest BCUT2D eigenvalue weighted by atomic mass is 31.2. The Morgan fingerprint density at radius 3 is 1.28 bits per heavy atom. The van der Waals surface area contributed by atoms with E-state index in [-0.39, 0.29) is 25.6 Å². The third-order valence-corrected chi connectivity index (χ3v) is 11.8. The molecule has 1 N–H and O–H groups in total. The molecule has 0 saturated heterocycles. The van der Waals surface area contributed by atoms with Crippen molar-refractivity contribution in [2.75, 3.05) is 47.5 Å². The number of hydrogen-bond acceptors (Lipinski definition) is 7. The minimum Gasteiger partial charge on any atom is -0.462 e. The predicted octanol–water partition coefficient (Wildman–Crippen LogP) is 14.1. The zero-order chi connectivity index (χ0) is 42.8. The van der Waals surface area contributed by atoms with Gasteiger partial charge in [0.1, 0.15) is 19.8 Å². The summed E-state index contributed by atoms with van der Waals surface area (Å²) < 4.78 is 34.4. The standard InChI is InChI=1S/C48H94NO8P/c1-6-8-10-12-14-16-18-20-22-23-24-25-27-28-30-32-34-36-38-40-47(50)54-44-46(45-56-58(52,53)55-43-42-49(3,4)5)57-48(51)41-39-37-35-33-31-29-26-21-19-17-15-13-11-9-7-2/h20,22,46H,6-19,21,23-45H2,1-5H3/p+1/b22-20-/t46-/m1/s1. The number of unbranched alkanes of at least 4 members (excludes halogenated alkanes) is 29. The molecule has 58 heavy (non-hydrogen) atoms. The van der Waals surface area contributed by atoms with Crippen LogP contribution in [0.4, 0.5) is 0 Å². The first kappa shape index (κ1) is 56.8. The monoisotopic (exact) mass is 845 g/mol. The van der Waals surface area contributed by atoms with Gasteiger partial charge < -0.3 is 18.9 Å². The van der Waals surface area contributed by atoms with Gasteiger partial charge in [0.25, 0.3) is 0 Å². The lowest BCUT2D eigenvalue weighted by Gasteiger charge is -2.24. The molecule has 10 heteroatoms. The lowest BCUT2D eigenvalue weighted by atomic mass is 10.0. The molecule has 0 fully saturated rings. The summed E-state index contributed by atoms with van der Waals surface area (Å²) in [6.07, 6.45) is 44.0. The molecule has 0 radical (unpaired) electrons. The SMILES string of the molecule is CCCCCCCC/C=C\CCCCCCCCCCCC(=O)OC[C@H](COP(=O)(O)OCC[N+](C)(C)C)OC(=O)CCCCCCCCCCCCCCCCC. The first-order valence-corrected chi connectivity index (χ1v) is 25.9. The molecule has 0 rings (SSSR count). The van der Waals surface area contributed by atoms with E-state index in [1.54, 1.807) is 0 Å². The molecule has 0 aromatic heterocycles. The maximum absolute atomic E-state index is 12.7. The zero-order valence-electron chi connectivity index (χ0n) is 38.8. The Balaban J connectivity index is 4.25. The molecule has 0 spiro atoms. The Kier molecular flexibility index (Phi) is 40.2. The second kappa shape index (κ2) is 41.1. The number of ether oxygens (including phenoxy) is 2. The van der Waals surface area contributed by atoms with Gasteiger partial charge in [-0.25, -0.2) is 4.57 Å². The first-order chi connectivity index (χ1) is 28.0. The van der Waals surface area contributed by atoms with Crippen LogP contribution in [0.5, 0.6) is 0 Å². The zero-order valence-corrected chi connectivity index (χ0v) is 39.7. The number of likely N-dealkylation sites (N-methyl/N-ethyl adjacent to an activating group) is 1. The number of phosphoric ester groups is 1. The van der Waals surface area contributed by atoms with Gasteiger partial charge in [-0.05, 0) is 38.5 Å². The number of rotatable bonds is 45. The summed E-state index contributed by atoms with van der Waals surface area (Å²) in [5, 5.41) is 0. The van der Waals surface area contributed by atoms with Crippen molar-refractivity contribution in [3.63, 3.8) is 0 Å². The highest BCUT2D eigenvalue weighted by Gasteiger charge is 2.27. The van der Waals surface area contributed by atoms with Crippen molar-refractivity contribution in [1.29, 1.82) is 0 Å². The van der Waals surface area contributed by atoms with Gasteiger partial charge in [-0.1, -0.05) is 193 Å². The van der Waals surface area contributed by atoms with Crippen LogP contribution in [-0.2, 0) is 32.7 Å². The Bertz CT molecular complexity index is 1000. The van der Waals surface area contributed by atoms with Gasteiger partial charge in [0.05, 0.1) is 27.7 Å². The molecule has 0 heterocycles. The van der Waals surface area contributed by atoms with Gasteiger partial charge in [0, 0.05) is 12.8 Å². The Hall–Kier alpha value is -1.25.